The fraction of sp³-hybridized carbons (Fsp3) is 0.167. The first kappa shape index (κ1) is 15.0. The monoisotopic (exact) mass is 310 g/mol. The predicted octanol–water partition coefficient (Wildman–Crippen LogP) is 4.28. The summed E-state index contributed by atoms with van der Waals surface area (Å²) < 4.78 is 11.3. The van der Waals surface area contributed by atoms with Gasteiger partial charge in [-0.05, 0) is 43.7 Å². The number of hydrogen-bond donors (Lipinski definition) is 2. The van der Waals surface area contributed by atoms with Crippen molar-refractivity contribution in [3.8, 4) is 34.3 Å². The van der Waals surface area contributed by atoms with E-state index in [9.17, 15) is 5.11 Å². The molecule has 2 aromatic carbocycles. The quantitative estimate of drug-likeness (QED) is 0.738. The Hall–Kier alpha value is -2.95. The Morgan fingerprint density at radius 1 is 1.13 bits per heavy atom. The lowest BCUT2D eigenvalue weighted by atomic mass is 10.1. The number of ether oxygens (including phenoxy) is 2. The fourth-order valence-corrected chi connectivity index (χ4v) is 2.33. The number of phenols is 1. The van der Waals surface area contributed by atoms with E-state index in [-0.39, 0.29) is 5.75 Å². The van der Waals surface area contributed by atoms with Crippen molar-refractivity contribution in [2.75, 3.05) is 6.61 Å². The Labute approximate surface area is 134 Å². The van der Waals surface area contributed by atoms with E-state index in [4.69, 9.17) is 9.47 Å². The van der Waals surface area contributed by atoms with Gasteiger partial charge in [0, 0.05) is 11.6 Å². The van der Waals surface area contributed by atoms with Crippen molar-refractivity contribution in [1.82, 2.24) is 10.2 Å². The maximum Gasteiger partial charge on any atom is 0.173 e. The second-order valence-corrected chi connectivity index (χ2v) is 5.14. The SMILES string of the molecule is CCOc1ccc(-c2[nH]ncc2Oc2cccc(C)c2)c(O)c1. The number of aromatic nitrogens is 2. The number of phenolic OH excluding ortho intramolecular Hbond substituents is 1. The van der Waals surface area contributed by atoms with Crippen LogP contribution in [0.15, 0.2) is 48.7 Å². The van der Waals surface area contributed by atoms with Gasteiger partial charge >= 0.3 is 0 Å². The minimum Gasteiger partial charge on any atom is -0.507 e. The average Bonchev–Trinajstić information content (AvgIpc) is 2.96. The van der Waals surface area contributed by atoms with Crippen molar-refractivity contribution in [3.05, 3.63) is 54.2 Å². The molecule has 0 fully saturated rings. The van der Waals surface area contributed by atoms with Crippen molar-refractivity contribution in [2.45, 2.75) is 13.8 Å². The maximum absolute atomic E-state index is 10.2. The normalized spacial score (nSPS) is 10.5. The summed E-state index contributed by atoms with van der Waals surface area (Å²) in [6.45, 7) is 4.44. The molecule has 1 heterocycles. The minimum absolute atomic E-state index is 0.106. The number of benzene rings is 2. The standard InChI is InChI=1S/C18H18N2O3/c1-3-22-13-7-8-15(16(21)10-13)18-17(11-19-20-18)23-14-6-4-5-12(2)9-14/h4-11,21H,3H2,1-2H3,(H,19,20). The number of rotatable bonds is 5. The van der Waals surface area contributed by atoms with Crippen molar-refractivity contribution in [2.24, 2.45) is 0 Å². The van der Waals surface area contributed by atoms with Gasteiger partial charge in [-0.15, -0.1) is 0 Å². The molecule has 0 unspecified atom stereocenters. The Kier molecular flexibility index (Phi) is 4.19. The first-order chi connectivity index (χ1) is 11.2. The first-order valence-electron chi connectivity index (χ1n) is 7.41. The van der Waals surface area contributed by atoms with Gasteiger partial charge in [0.25, 0.3) is 0 Å². The van der Waals surface area contributed by atoms with Gasteiger partial charge in [0.2, 0.25) is 0 Å². The summed E-state index contributed by atoms with van der Waals surface area (Å²) in [6.07, 6.45) is 1.59. The van der Waals surface area contributed by atoms with Crippen LogP contribution in [0.5, 0.6) is 23.0 Å². The minimum atomic E-state index is 0.106. The third-order valence-corrected chi connectivity index (χ3v) is 3.37. The van der Waals surface area contributed by atoms with Gasteiger partial charge in [-0.1, -0.05) is 12.1 Å². The lowest BCUT2D eigenvalue weighted by molar-refractivity contribution is 0.338. The van der Waals surface area contributed by atoms with Gasteiger partial charge in [0.1, 0.15) is 22.9 Å². The molecule has 0 atom stereocenters. The molecule has 3 aromatic rings. The molecule has 0 bridgehead atoms. The van der Waals surface area contributed by atoms with Crippen LogP contribution in [0.1, 0.15) is 12.5 Å². The topological polar surface area (TPSA) is 67.4 Å². The van der Waals surface area contributed by atoms with Crippen LogP contribution in [0.25, 0.3) is 11.3 Å². The Morgan fingerprint density at radius 3 is 2.74 bits per heavy atom. The van der Waals surface area contributed by atoms with E-state index in [0.717, 1.165) is 11.3 Å². The summed E-state index contributed by atoms with van der Waals surface area (Å²) in [5.74, 6) is 2.00. The number of aromatic amines is 1. The number of aryl methyl sites for hydroxylation is 1. The largest absolute Gasteiger partial charge is 0.507 e. The molecule has 0 aliphatic heterocycles. The maximum atomic E-state index is 10.2. The van der Waals surface area contributed by atoms with E-state index in [1.807, 2.05) is 38.1 Å². The van der Waals surface area contributed by atoms with E-state index in [1.54, 1.807) is 24.4 Å². The summed E-state index contributed by atoms with van der Waals surface area (Å²) in [5, 5.41) is 17.1. The molecule has 5 nitrogen and oxygen atoms in total. The molecule has 3 rings (SSSR count). The summed E-state index contributed by atoms with van der Waals surface area (Å²) in [4.78, 5) is 0. The van der Waals surface area contributed by atoms with E-state index < -0.39 is 0 Å². The summed E-state index contributed by atoms with van der Waals surface area (Å²) in [7, 11) is 0. The van der Waals surface area contributed by atoms with Crippen LogP contribution in [0.3, 0.4) is 0 Å². The highest BCUT2D eigenvalue weighted by molar-refractivity contribution is 5.73. The molecule has 5 heteroatoms. The molecular formula is C18H18N2O3. The van der Waals surface area contributed by atoms with Crippen LogP contribution in [-0.4, -0.2) is 21.9 Å². The van der Waals surface area contributed by atoms with Crippen molar-refractivity contribution in [1.29, 1.82) is 0 Å². The van der Waals surface area contributed by atoms with Crippen LogP contribution in [0.4, 0.5) is 0 Å². The van der Waals surface area contributed by atoms with E-state index in [0.29, 0.717) is 29.4 Å². The number of nitrogens with one attached hydrogen (secondary N) is 1. The van der Waals surface area contributed by atoms with E-state index >= 15 is 0 Å². The van der Waals surface area contributed by atoms with Gasteiger partial charge in [0.05, 0.1) is 12.8 Å². The second kappa shape index (κ2) is 6.44. The lowest BCUT2D eigenvalue weighted by Crippen LogP contribution is -1.92. The van der Waals surface area contributed by atoms with Crippen molar-refractivity contribution >= 4 is 0 Å². The van der Waals surface area contributed by atoms with Crippen LogP contribution in [0.2, 0.25) is 0 Å². The molecule has 0 saturated heterocycles. The Bertz CT molecular complexity index is 812. The smallest absolute Gasteiger partial charge is 0.173 e. The molecule has 0 radical (unpaired) electrons. The molecule has 118 valence electrons. The Balaban J connectivity index is 1.92. The van der Waals surface area contributed by atoms with Gasteiger partial charge in [-0.3, -0.25) is 5.10 Å². The van der Waals surface area contributed by atoms with Crippen LogP contribution in [0, 0.1) is 6.92 Å². The Morgan fingerprint density at radius 2 is 2.00 bits per heavy atom. The molecule has 0 aliphatic carbocycles. The summed E-state index contributed by atoms with van der Waals surface area (Å²) >= 11 is 0. The predicted molar refractivity (Wildman–Crippen MR) is 88.1 cm³/mol. The highest BCUT2D eigenvalue weighted by Gasteiger charge is 2.14. The van der Waals surface area contributed by atoms with Crippen molar-refractivity contribution in [3.63, 3.8) is 0 Å². The van der Waals surface area contributed by atoms with E-state index in [1.165, 1.54) is 0 Å². The molecule has 0 spiro atoms. The molecular weight excluding hydrogens is 292 g/mol. The number of H-pyrrole nitrogens is 1. The highest BCUT2D eigenvalue weighted by atomic mass is 16.5. The van der Waals surface area contributed by atoms with E-state index in [2.05, 4.69) is 10.2 Å². The number of hydrogen-bond acceptors (Lipinski definition) is 4. The van der Waals surface area contributed by atoms with Crippen LogP contribution >= 0.6 is 0 Å². The van der Waals surface area contributed by atoms with Gasteiger partial charge < -0.3 is 14.6 Å². The molecule has 0 aliphatic rings. The fourth-order valence-electron chi connectivity index (χ4n) is 2.33. The third-order valence-electron chi connectivity index (χ3n) is 3.37. The molecule has 2 N–H and O–H groups in total. The third kappa shape index (κ3) is 3.29. The van der Waals surface area contributed by atoms with Crippen molar-refractivity contribution < 1.29 is 14.6 Å². The first-order valence-corrected chi connectivity index (χ1v) is 7.41. The van der Waals surface area contributed by atoms with Gasteiger partial charge in [0.15, 0.2) is 5.75 Å². The highest BCUT2D eigenvalue weighted by Crippen LogP contribution is 2.37. The molecule has 0 amide bonds. The van der Waals surface area contributed by atoms with Gasteiger partial charge in [-0.25, -0.2) is 0 Å². The zero-order valence-corrected chi connectivity index (χ0v) is 13.0. The van der Waals surface area contributed by atoms with Crippen LogP contribution in [-0.2, 0) is 0 Å². The molecule has 1 aromatic heterocycles. The second-order valence-electron chi connectivity index (χ2n) is 5.14. The number of nitrogens with zero attached hydrogens (tertiary/aromatic N) is 1. The zero-order valence-electron chi connectivity index (χ0n) is 13.0. The lowest BCUT2D eigenvalue weighted by Gasteiger charge is -2.09. The number of aromatic hydroxyl groups is 1. The zero-order chi connectivity index (χ0) is 16.2. The van der Waals surface area contributed by atoms with Crippen LogP contribution < -0.4 is 9.47 Å². The summed E-state index contributed by atoms with van der Waals surface area (Å²) in [5.41, 5.74) is 2.33. The molecule has 0 saturated carbocycles. The molecule has 23 heavy (non-hydrogen) atoms. The average molecular weight is 310 g/mol. The summed E-state index contributed by atoms with van der Waals surface area (Å²) in [6, 6.07) is 12.9. The van der Waals surface area contributed by atoms with Gasteiger partial charge in [-0.2, -0.15) is 5.10 Å².